The molecule has 24 heavy (non-hydrogen) atoms. The minimum Gasteiger partial charge on any atom is -0.356 e. The van der Waals surface area contributed by atoms with Crippen LogP contribution < -0.4 is 5.32 Å². The summed E-state index contributed by atoms with van der Waals surface area (Å²) in [5.41, 5.74) is 2.73. The van der Waals surface area contributed by atoms with Crippen LogP contribution in [0.25, 0.3) is 0 Å². The monoisotopic (exact) mass is 345 g/mol. The van der Waals surface area contributed by atoms with E-state index in [4.69, 9.17) is 0 Å². The standard InChI is InChI=1S/C18H27N5S/c1-14(17-5-7-24-13-17)9-20-18(19-2)23-6-4-15(12-23)8-16-10-21-22(3)11-16/h5,7,10-11,13-15H,4,6,8-9,12H2,1-3H3,(H,19,20). The fourth-order valence-corrected chi connectivity index (χ4v) is 4.13. The number of hydrogen-bond donors (Lipinski definition) is 1. The molecule has 2 aromatic rings. The molecular weight excluding hydrogens is 318 g/mol. The Labute approximate surface area is 148 Å². The van der Waals surface area contributed by atoms with Gasteiger partial charge >= 0.3 is 0 Å². The summed E-state index contributed by atoms with van der Waals surface area (Å²) in [4.78, 5) is 6.88. The molecule has 0 amide bonds. The molecule has 3 rings (SSSR count). The maximum atomic E-state index is 4.49. The van der Waals surface area contributed by atoms with E-state index in [2.05, 4.69) is 50.3 Å². The van der Waals surface area contributed by atoms with Crippen molar-refractivity contribution in [1.82, 2.24) is 20.0 Å². The van der Waals surface area contributed by atoms with Crippen molar-refractivity contribution in [1.29, 1.82) is 0 Å². The van der Waals surface area contributed by atoms with Crippen molar-refractivity contribution in [3.63, 3.8) is 0 Å². The zero-order chi connectivity index (χ0) is 16.9. The van der Waals surface area contributed by atoms with Crippen LogP contribution >= 0.6 is 11.3 Å². The molecule has 0 aromatic carbocycles. The van der Waals surface area contributed by atoms with E-state index in [0.29, 0.717) is 11.8 Å². The van der Waals surface area contributed by atoms with Crippen LogP contribution in [-0.4, -0.2) is 47.3 Å². The second-order valence-electron chi connectivity index (χ2n) is 6.71. The number of aromatic nitrogens is 2. The molecule has 130 valence electrons. The predicted molar refractivity (Wildman–Crippen MR) is 101 cm³/mol. The molecule has 0 spiro atoms. The quantitative estimate of drug-likeness (QED) is 0.669. The SMILES string of the molecule is CN=C(NCC(C)c1ccsc1)N1CCC(Cc2cnn(C)c2)C1. The largest absolute Gasteiger partial charge is 0.356 e. The van der Waals surface area contributed by atoms with Crippen LogP contribution in [0.2, 0.25) is 0 Å². The lowest BCUT2D eigenvalue weighted by Gasteiger charge is -2.23. The van der Waals surface area contributed by atoms with Crippen molar-refractivity contribution in [2.45, 2.75) is 25.7 Å². The average Bonchev–Trinajstić information content (AvgIpc) is 3.31. The second kappa shape index (κ2) is 7.83. The normalized spacial score (nSPS) is 19.7. The van der Waals surface area contributed by atoms with Gasteiger partial charge in [-0.2, -0.15) is 16.4 Å². The Hall–Kier alpha value is -1.82. The van der Waals surface area contributed by atoms with Crippen molar-refractivity contribution in [3.05, 3.63) is 40.3 Å². The highest BCUT2D eigenvalue weighted by Gasteiger charge is 2.25. The molecule has 0 aliphatic carbocycles. The third-order valence-corrected chi connectivity index (χ3v) is 5.46. The number of guanidine groups is 1. The van der Waals surface area contributed by atoms with Gasteiger partial charge in [-0.25, -0.2) is 0 Å². The highest BCUT2D eigenvalue weighted by atomic mass is 32.1. The first-order valence-corrected chi connectivity index (χ1v) is 9.55. The summed E-state index contributed by atoms with van der Waals surface area (Å²) >= 11 is 1.76. The van der Waals surface area contributed by atoms with Gasteiger partial charge in [0.25, 0.3) is 0 Å². The summed E-state index contributed by atoms with van der Waals surface area (Å²) in [6.07, 6.45) is 6.43. The number of likely N-dealkylation sites (tertiary alicyclic amines) is 1. The van der Waals surface area contributed by atoms with Crippen molar-refractivity contribution >= 4 is 17.3 Å². The van der Waals surface area contributed by atoms with E-state index < -0.39 is 0 Å². The number of rotatable bonds is 5. The molecule has 0 saturated carbocycles. The number of hydrogen-bond acceptors (Lipinski definition) is 3. The number of aliphatic imine (C=N–C) groups is 1. The molecular formula is C18H27N5S. The Balaban J connectivity index is 1.49. The van der Waals surface area contributed by atoms with E-state index in [9.17, 15) is 0 Å². The third kappa shape index (κ3) is 4.17. The smallest absolute Gasteiger partial charge is 0.193 e. The van der Waals surface area contributed by atoms with E-state index in [0.717, 1.165) is 32.0 Å². The summed E-state index contributed by atoms with van der Waals surface area (Å²) in [7, 11) is 3.86. The number of aryl methyl sites for hydroxylation is 1. The molecule has 1 fully saturated rings. The molecule has 1 saturated heterocycles. The van der Waals surface area contributed by atoms with Gasteiger partial charge < -0.3 is 10.2 Å². The summed E-state index contributed by atoms with van der Waals surface area (Å²) in [5.74, 6) is 2.22. The van der Waals surface area contributed by atoms with E-state index in [1.54, 1.807) is 11.3 Å². The summed E-state index contributed by atoms with van der Waals surface area (Å²) in [6, 6.07) is 2.21. The van der Waals surface area contributed by atoms with E-state index >= 15 is 0 Å². The molecule has 3 heterocycles. The lowest BCUT2D eigenvalue weighted by molar-refractivity contribution is 0.457. The maximum Gasteiger partial charge on any atom is 0.193 e. The van der Waals surface area contributed by atoms with Gasteiger partial charge in [0, 0.05) is 39.9 Å². The first kappa shape index (κ1) is 17.0. The molecule has 1 aliphatic rings. The molecule has 6 heteroatoms. The lowest BCUT2D eigenvalue weighted by Crippen LogP contribution is -2.41. The molecule has 2 aromatic heterocycles. The molecule has 0 radical (unpaired) electrons. The van der Waals surface area contributed by atoms with E-state index in [-0.39, 0.29) is 0 Å². The fourth-order valence-electron chi connectivity index (χ4n) is 3.35. The molecule has 5 nitrogen and oxygen atoms in total. The first-order valence-electron chi connectivity index (χ1n) is 8.61. The van der Waals surface area contributed by atoms with Crippen LogP contribution in [0.4, 0.5) is 0 Å². The van der Waals surface area contributed by atoms with Crippen molar-refractivity contribution < 1.29 is 0 Å². The van der Waals surface area contributed by atoms with Crippen molar-refractivity contribution in [2.24, 2.45) is 18.0 Å². The summed E-state index contributed by atoms with van der Waals surface area (Å²) < 4.78 is 1.88. The highest BCUT2D eigenvalue weighted by Crippen LogP contribution is 2.21. The third-order valence-electron chi connectivity index (χ3n) is 4.76. The number of nitrogens with one attached hydrogen (secondary N) is 1. The fraction of sp³-hybridized carbons (Fsp3) is 0.556. The van der Waals surface area contributed by atoms with Gasteiger partial charge in [-0.3, -0.25) is 9.67 Å². The van der Waals surface area contributed by atoms with Crippen LogP contribution in [0, 0.1) is 5.92 Å². The maximum absolute atomic E-state index is 4.49. The van der Waals surface area contributed by atoms with E-state index in [1.165, 1.54) is 17.5 Å². The average molecular weight is 346 g/mol. The Morgan fingerprint density at radius 3 is 3.08 bits per heavy atom. The Kier molecular flexibility index (Phi) is 5.56. The van der Waals surface area contributed by atoms with Crippen LogP contribution in [0.3, 0.4) is 0 Å². The lowest BCUT2D eigenvalue weighted by atomic mass is 10.0. The highest BCUT2D eigenvalue weighted by molar-refractivity contribution is 7.07. The topological polar surface area (TPSA) is 45.5 Å². The number of nitrogens with zero attached hydrogens (tertiary/aromatic N) is 4. The summed E-state index contributed by atoms with van der Waals surface area (Å²) in [5, 5.41) is 12.2. The Morgan fingerprint density at radius 2 is 2.42 bits per heavy atom. The van der Waals surface area contributed by atoms with Crippen LogP contribution in [0.15, 0.2) is 34.2 Å². The van der Waals surface area contributed by atoms with Gasteiger partial charge in [-0.15, -0.1) is 0 Å². The van der Waals surface area contributed by atoms with E-state index in [1.807, 2.05) is 25.0 Å². The molecule has 2 unspecified atom stereocenters. The van der Waals surface area contributed by atoms with Crippen molar-refractivity contribution in [3.8, 4) is 0 Å². The van der Waals surface area contributed by atoms with Gasteiger partial charge in [0.2, 0.25) is 0 Å². The minimum absolute atomic E-state index is 0.502. The van der Waals surface area contributed by atoms with Crippen molar-refractivity contribution in [2.75, 3.05) is 26.7 Å². The predicted octanol–water partition coefficient (Wildman–Crippen LogP) is 2.73. The molecule has 0 bridgehead atoms. The minimum atomic E-state index is 0.502. The zero-order valence-corrected chi connectivity index (χ0v) is 15.6. The van der Waals surface area contributed by atoms with Gasteiger partial charge in [-0.1, -0.05) is 6.92 Å². The molecule has 2 atom stereocenters. The zero-order valence-electron chi connectivity index (χ0n) is 14.8. The van der Waals surface area contributed by atoms with Crippen LogP contribution in [0.1, 0.15) is 30.4 Å². The molecule has 1 N–H and O–H groups in total. The Bertz CT molecular complexity index is 661. The summed E-state index contributed by atoms with van der Waals surface area (Å²) in [6.45, 7) is 5.34. The van der Waals surface area contributed by atoms with Gasteiger partial charge in [0.1, 0.15) is 0 Å². The van der Waals surface area contributed by atoms with Crippen LogP contribution in [0.5, 0.6) is 0 Å². The molecule has 1 aliphatic heterocycles. The van der Waals surface area contributed by atoms with Gasteiger partial charge in [0.15, 0.2) is 5.96 Å². The second-order valence-corrected chi connectivity index (χ2v) is 7.49. The number of thiophene rings is 1. The van der Waals surface area contributed by atoms with Crippen LogP contribution in [-0.2, 0) is 13.5 Å². The van der Waals surface area contributed by atoms with Gasteiger partial charge in [-0.05, 0) is 52.6 Å². The first-order chi connectivity index (χ1) is 11.7. The van der Waals surface area contributed by atoms with Gasteiger partial charge in [0.05, 0.1) is 6.20 Å². The Morgan fingerprint density at radius 1 is 1.54 bits per heavy atom.